The number of amides is 2. The highest BCUT2D eigenvalue weighted by molar-refractivity contribution is 5.73. The Labute approximate surface area is 78.8 Å². The van der Waals surface area contributed by atoms with Crippen LogP contribution in [0.15, 0.2) is 0 Å². The van der Waals surface area contributed by atoms with Crippen molar-refractivity contribution in [2.24, 2.45) is 0 Å². The maximum atomic E-state index is 10.6. The van der Waals surface area contributed by atoms with E-state index in [0.717, 1.165) is 0 Å². The summed E-state index contributed by atoms with van der Waals surface area (Å²) in [4.78, 5) is 28.8. The van der Waals surface area contributed by atoms with E-state index in [1.54, 1.807) is 0 Å². The third kappa shape index (κ3) is 4.18. The Morgan fingerprint density at radius 3 is 2.21 bits per heavy atom. The van der Waals surface area contributed by atoms with Gasteiger partial charge in [0.25, 0.3) is 0 Å². The molecule has 9 nitrogen and oxygen atoms in total. The molecule has 0 bridgehead atoms. The van der Waals surface area contributed by atoms with Crippen LogP contribution in [0.1, 0.15) is 6.42 Å². The van der Waals surface area contributed by atoms with Crippen molar-refractivity contribution in [1.82, 2.24) is 10.6 Å². The van der Waals surface area contributed by atoms with Crippen molar-refractivity contribution in [3.63, 3.8) is 0 Å². The summed E-state index contributed by atoms with van der Waals surface area (Å²) in [6, 6.07) is -0.532. The van der Waals surface area contributed by atoms with E-state index in [0.29, 0.717) is 0 Å². The molecule has 0 saturated carbocycles. The fraction of sp³-hybridized carbons (Fsp3) is 0.800. The number of nitrogens with one attached hydrogen (secondary N) is 2. The number of nitro groups is 2. The molecule has 0 aromatic carbocycles. The van der Waals surface area contributed by atoms with E-state index in [-0.39, 0.29) is 13.0 Å². The zero-order chi connectivity index (χ0) is 11.1. The Bertz CT molecular complexity index is 228. The first-order valence-electron chi connectivity index (χ1n) is 3.71. The van der Waals surface area contributed by atoms with Crippen molar-refractivity contribution in [3.8, 4) is 0 Å². The molecule has 0 heterocycles. The number of hydrogen-bond acceptors (Lipinski definition) is 5. The van der Waals surface area contributed by atoms with Crippen LogP contribution in [0.2, 0.25) is 0 Å². The molecule has 0 fully saturated rings. The molecule has 0 aliphatic rings. The molecular formula is C5H10N4O5. The lowest BCUT2D eigenvalue weighted by atomic mass is 10.3. The number of hydrogen-bond donors (Lipinski definition) is 2. The smallest absolute Gasteiger partial charge is 0.341 e. The molecule has 9 heteroatoms. The van der Waals surface area contributed by atoms with Crippen molar-refractivity contribution in [2.75, 3.05) is 13.6 Å². The Kier molecular flexibility index (Phi) is 4.89. The Morgan fingerprint density at radius 1 is 1.36 bits per heavy atom. The number of nitrogens with zero attached hydrogens (tertiary/aromatic N) is 2. The summed E-state index contributed by atoms with van der Waals surface area (Å²) in [5, 5.41) is 24.7. The summed E-state index contributed by atoms with van der Waals surface area (Å²) in [7, 11) is 1.37. The van der Waals surface area contributed by atoms with Gasteiger partial charge < -0.3 is 10.6 Å². The summed E-state index contributed by atoms with van der Waals surface area (Å²) in [6.45, 7) is -0.119. The van der Waals surface area contributed by atoms with Crippen molar-refractivity contribution < 1.29 is 14.6 Å². The van der Waals surface area contributed by atoms with E-state index in [1.165, 1.54) is 7.05 Å². The highest BCUT2D eigenvalue weighted by Crippen LogP contribution is 1.96. The van der Waals surface area contributed by atoms with E-state index in [1.807, 2.05) is 0 Å². The average molecular weight is 206 g/mol. The van der Waals surface area contributed by atoms with Crippen molar-refractivity contribution in [3.05, 3.63) is 20.2 Å². The Balaban J connectivity index is 3.90. The molecule has 0 saturated heterocycles. The maximum Gasteiger partial charge on any atom is 0.452 e. The van der Waals surface area contributed by atoms with Crippen LogP contribution in [0.25, 0.3) is 0 Å². The summed E-state index contributed by atoms with van der Waals surface area (Å²) < 4.78 is 0. The minimum atomic E-state index is -1.87. The number of rotatable bonds is 5. The van der Waals surface area contributed by atoms with Crippen LogP contribution < -0.4 is 10.6 Å². The van der Waals surface area contributed by atoms with Gasteiger partial charge in [0.05, 0.1) is 9.85 Å². The molecular weight excluding hydrogens is 196 g/mol. The number of urea groups is 1. The summed E-state index contributed by atoms with van der Waals surface area (Å²) in [5.41, 5.74) is 0. The molecule has 0 radical (unpaired) electrons. The van der Waals surface area contributed by atoms with Crippen LogP contribution >= 0.6 is 0 Å². The van der Waals surface area contributed by atoms with Gasteiger partial charge in [-0.1, -0.05) is 0 Å². The topological polar surface area (TPSA) is 127 Å². The van der Waals surface area contributed by atoms with Crippen LogP contribution in [-0.4, -0.2) is 35.6 Å². The molecule has 0 rings (SSSR count). The van der Waals surface area contributed by atoms with Gasteiger partial charge >= 0.3 is 12.2 Å². The predicted molar refractivity (Wildman–Crippen MR) is 44.9 cm³/mol. The molecule has 2 amide bonds. The zero-order valence-electron chi connectivity index (χ0n) is 7.43. The minimum absolute atomic E-state index is 0.119. The van der Waals surface area contributed by atoms with Crippen LogP contribution in [0, 0.1) is 20.2 Å². The fourth-order valence-electron chi connectivity index (χ4n) is 0.691. The second-order valence-electron chi connectivity index (χ2n) is 2.35. The SMILES string of the molecule is CNC(=O)NCCC([N+](=O)[O-])[N+](=O)[O-]. The second-order valence-corrected chi connectivity index (χ2v) is 2.35. The summed E-state index contributed by atoms with van der Waals surface area (Å²) in [5.74, 6) is 0. The zero-order valence-corrected chi connectivity index (χ0v) is 7.43. The van der Waals surface area contributed by atoms with Gasteiger partial charge in [-0.25, -0.2) is 4.79 Å². The highest BCUT2D eigenvalue weighted by atomic mass is 16.7. The molecule has 2 N–H and O–H groups in total. The lowest BCUT2D eigenvalue weighted by Crippen LogP contribution is -2.37. The molecule has 0 aromatic rings. The van der Waals surface area contributed by atoms with Gasteiger partial charge in [-0.3, -0.25) is 20.2 Å². The fourth-order valence-corrected chi connectivity index (χ4v) is 0.691. The van der Waals surface area contributed by atoms with Crippen LogP contribution in [0.3, 0.4) is 0 Å². The monoisotopic (exact) mass is 206 g/mol. The van der Waals surface area contributed by atoms with Crippen LogP contribution in [0.4, 0.5) is 4.79 Å². The van der Waals surface area contributed by atoms with E-state index < -0.39 is 22.0 Å². The van der Waals surface area contributed by atoms with Gasteiger partial charge in [0.2, 0.25) is 0 Å². The van der Waals surface area contributed by atoms with Gasteiger partial charge in [0, 0.05) is 13.6 Å². The standard InChI is InChI=1S/C5H10N4O5/c1-6-5(10)7-3-2-4(8(11)12)9(13)14/h4H,2-3H2,1H3,(H2,6,7,10). The first-order valence-corrected chi connectivity index (χ1v) is 3.71. The second kappa shape index (κ2) is 5.67. The maximum absolute atomic E-state index is 10.6. The van der Waals surface area contributed by atoms with Gasteiger partial charge in [-0.05, 0) is 0 Å². The molecule has 0 atom stereocenters. The van der Waals surface area contributed by atoms with Crippen molar-refractivity contribution in [2.45, 2.75) is 12.6 Å². The summed E-state index contributed by atoms with van der Waals surface area (Å²) >= 11 is 0. The molecule has 0 aliphatic heterocycles. The molecule has 0 spiro atoms. The average Bonchev–Trinajstić information content (AvgIpc) is 2.10. The quantitative estimate of drug-likeness (QED) is 0.345. The lowest BCUT2D eigenvalue weighted by molar-refractivity contribution is -0.742. The van der Waals surface area contributed by atoms with E-state index >= 15 is 0 Å². The Morgan fingerprint density at radius 2 is 1.86 bits per heavy atom. The highest BCUT2D eigenvalue weighted by Gasteiger charge is 2.31. The molecule has 80 valence electrons. The van der Waals surface area contributed by atoms with Gasteiger partial charge in [-0.2, -0.15) is 0 Å². The molecule has 0 aromatic heterocycles. The number of carbonyl (C=O) groups is 1. The summed E-state index contributed by atoms with van der Waals surface area (Å²) in [6.07, 6.45) is -2.21. The van der Waals surface area contributed by atoms with Crippen LogP contribution in [0.5, 0.6) is 0 Å². The third-order valence-electron chi connectivity index (χ3n) is 1.40. The first-order chi connectivity index (χ1) is 6.49. The van der Waals surface area contributed by atoms with E-state index in [2.05, 4.69) is 10.6 Å². The Hall–Kier alpha value is -1.93. The minimum Gasteiger partial charge on any atom is -0.341 e. The van der Waals surface area contributed by atoms with Crippen molar-refractivity contribution >= 4 is 6.03 Å². The van der Waals surface area contributed by atoms with E-state index in [4.69, 9.17) is 0 Å². The van der Waals surface area contributed by atoms with Gasteiger partial charge in [0.1, 0.15) is 6.42 Å². The normalized spacial score (nSPS) is 9.57. The molecule has 0 aliphatic carbocycles. The lowest BCUT2D eigenvalue weighted by Gasteiger charge is -2.03. The molecule has 0 unspecified atom stereocenters. The van der Waals surface area contributed by atoms with Gasteiger partial charge in [0.15, 0.2) is 0 Å². The largest absolute Gasteiger partial charge is 0.452 e. The van der Waals surface area contributed by atoms with E-state index in [9.17, 15) is 25.0 Å². The molecule has 14 heavy (non-hydrogen) atoms. The van der Waals surface area contributed by atoms with Crippen molar-refractivity contribution in [1.29, 1.82) is 0 Å². The number of carbonyl (C=O) groups excluding carboxylic acids is 1. The van der Waals surface area contributed by atoms with Gasteiger partial charge in [-0.15, -0.1) is 0 Å². The van der Waals surface area contributed by atoms with Crippen LogP contribution in [-0.2, 0) is 0 Å². The first kappa shape index (κ1) is 12.1. The third-order valence-corrected chi connectivity index (χ3v) is 1.40. The predicted octanol–water partition coefficient (Wildman–Crippen LogP) is -0.815.